The molecule has 0 unspecified atom stereocenters. The number of hydrogen-bond acceptors (Lipinski definition) is 5. The molecule has 3 heterocycles. The molecule has 116 valence electrons. The molecule has 0 amide bonds. The summed E-state index contributed by atoms with van der Waals surface area (Å²) >= 11 is 0. The number of fused-ring (bicyclic) bond motifs is 2. The largest absolute Gasteiger partial charge is 0.493 e. The number of rotatable bonds is 3. The monoisotopic (exact) mass is 311 g/mol. The van der Waals surface area contributed by atoms with Crippen molar-refractivity contribution in [3.63, 3.8) is 0 Å². The van der Waals surface area contributed by atoms with Gasteiger partial charge in [0.05, 0.1) is 17.6 Å². The Morgan fingerprint density at radius 2 is 2.30 bits per heavy atom. The zero-order valence-corrected chi connectivity index (χ0v) is 12.3. The molecule has 0 aliphatic carbocycles. The summed E-state index contributed by atoms with van der Waals surface area (Å²) < 4.78 is 11.2. The fourth-order valence-electron chi connectivity index (χ4n) is 2.66. The number of carboxylic acid groups (broad SMARTS) is 1. The van der Waals surface area contributed by atoms with Gasteiger partial charge < -0.3 is 19.6 Å². The Bertz CT molecular complexity index is 891. The molecule has 4 rings (SSSR count). The number of ether oxygens (including phenoxy) is 2. The van der Waals surface area contributed by atoms with Crippen molar-refractivity contribution >= 4 is 17.0 Å². The number of nitrogens with one attached hydrogen (secondary N) is 1. The molecule has 0 fully saturated rings. The number of aromatic carboxylic acids is 1. The minimum Gasteiger partial charge on any atom is -0.493 e. The van der Waals surface area contributed by atoms with Gasteiger partial charge in [-0.3, -0.25) is 0 Å². The third-order valence-corrected chi connectivity index (χ3v) is 3.83. The fraction of sp³-hybridized carbons (Fsp3) is 0.188. The van der Waals surface area contributed by atoms with Crippen LogP contribution in [0.3, 0.4) is 0 Å². The molecule has 23 heavy (non-hydrogen) atoms. The minimum absolute atomic E-state index is 0.0361. The lowest BCUT2D eigenvalue weighted by Gasteiger charge is -2.07. The van der Waals surface area contributed by atoms with E-state index in [9.17, 15) is 4.79 Å². The lowest BCUT2D eigenvalue weighted by molar-refractivity contribution is 0.0689. The summed E-state index contributed by atoms with van der Waals surface area (Å²) in [5.74, 6) is 0.162. The molecular weight excluding hydrogens is 298 g/mol. The Hall–Kier alpha value is -3.09. The molecule has 0 saturated heterocycles. The molecule has 0 bridgehead atoms. The molecule has 0 radical (unpaired) electrons. The van der Waals surface area contributed by atoms with Gasteiger partial charge in [0, 0.05) is 24.2 Å². The summed E-state index contributed by atoms with van der Waals surface area (Å²) in [6.45, 7) is 2.34. The zero-order chi connectivity index (χ0) is 16.0. The van der Waals surface area contributed by atoms with Gasteiger partial charge in [-0.25, -0.2) is 9.78 Å². The standard InChI is InChI=1S/C16H13N3O4/c1-8-12(2-4-17-14(8)15(20)21)23-16-18-10-6-9-3-5-22-13(9)7-11(10)19-16/h2,4,6-7H,3,5H2,1H3,(H,18,19)(H,20,21). The van der Waals surface area contributed by atoms with Crippen LogP contribution in [0.25, 0.3) is 11.0 Å². The van der Waals surface area contributed by atoms with E-state index < -0.39 is 5.97 Å². The molecule has 7 nitrogen and oxygen atoms in total. The molecule has 1 aromatic carbocycles. The number of pyridine rings is 1. The van der Waals surface area contributed by atoms with Crippen molar-refractivity contribution in [3.05, 3.63) is 41.2 Å². The molecular formula is C16H13N3O4. The van der Waals surface area contributed by atoms with Crippen LogP contribution in [-0.2, 0) is 6.42 Å². The number of carbonyl (C=O) groups is 1. The van der Waals surface area contributed by atoms with E-state index in [2.05, 4.69) is 15.0 Å². The highest BCUT2D eigenvalue weighted by Crippen LogP contribution is 2.32. The van der Waals surface area contributed by atoms with E-state index in [1.54, 1.807) is 13.0 Å². The average Bonchev–Trinajstić information content (AvgIpc) is 3.11. The van der Waals surface area contributed by atoms with Gasteiger partial charge in [0.2, 0.25) is 0 Å². The quantitative estimate of drug-likeness (QED) is 0.772. The number of aromatic amines is 1. The molecule has 0 atom stereocenters. The normalized spacial score (nSPS) is 12.9. The van der Waals surface area contributed by atoms with E-state index >= 15 is 0 Å². The molecule has 1 aliphatic heterocycles. The van der Waals surface area contributed by atoms with Crippen LogP contribution >= 0.6 is 0 Å². The molecule has 1 aliphatic rings. The lowest BCUT2D eigenvalue weighted by Crippen LogP contribution is -2.04. The van der Waals surface area contributed by atoms with Crippen LogP contribution in [0.5, 0.6) is 17.5 Å². The molecule has 2 N–H and O–H groups in total. The number of H-pyrrole nitrogens is 1. The second-order valence-electron chi connectivity index (χ2n) is 5.31. The van der Waals surface area contributed by atoms with E-state index in [4.69, 9.17) is 14.6 Å². The van der Waals surface area contributed by atoms with Crippen molar-refractivity contribution in [2.75, 3.05) is 6.61 Å². The van der Waals surface area contributed by atoms with E-state index in [1.807, 2.05) is 12.1 Å². The second-order valence-corrected chi connectivity index (χ2v) is 5.31. The number of nitrogens with zero attached hydrogens (tertiary/aromatic N) is 2. The van der Waals surface area contributed by atoms with Crippen molar-refractivity contribution in [1.82, 2.24) is 15.0 Å². The molecule has 7 heteroatoms. The maximum Gasteiger partial charge on any atom is 0.354 e. The van der Waals surface area contributed by atoms with Crippen LogP contribution in [0.15, 0.2) is 24.4 Å². The van der Waals surface area contributed by atoms with Crippen LogP contribution in [0.2, 0.25) is 0 Å². The lowest BCUT2D eigenvalue weighted by atomic mass is 10.1. The Labute approximate surface area is 130 Å². The van der Waals surface area contributed by atoms with Gasteiger partial charge in [-0.2, -0.15) is 4.98 Å². The molecule has 3 aromatic rings. The van der Waals surface area contributed by atoms with Crippen LogP contribution < -0.4 is 9.47 Å². The first-order valence-electron chi connectivity index (χ1n) is 7.14. The molecule has 0 spiro atoms. The van der Waals surface area contributed by atoms with Crippen molar-refractivity contribution in [3.8, 4) is 17.5 Å². The van der Waals surface area contributed by atoms with Crippen LogP contribution in [0, 0.1) is 6.92 Å². The van der Waals surface area contributed by atoms with Gasteiger partial charge in [-0.15, -0.1) is 0 Å². The maximum atomic E-state index is 11.1. The number of carboxylic acids is 1. The summed E-state index contributed by atoms with van der Waals surface area (Å²) in [6.07, 6.45) is 2.28. The van der Waals surface area contributed by atoms with E-state index in [1.165, 1.54) is 6.20 Å². The third kappa shape index (κ3) is 2.26. The predicted octanol–water partition coefficient (Wildman–Crippen LogP) is 2.69. The first-order valence-corrected chi connectivity index (χ1v) is 7.14. The highest BCUT2D eigenvalue weighted by Gasteiger charge is 2.17. The van der Waals surface area contributed by atoms with E-state index in [0.717, 1.165) is 28.8 Å². The highest BCUT2D eigenvalue weighted by atomic mass is 16.5. The van der Waals surface area contributed by atoms with Crippen molar-refractivity contribution in [2.45, 2.75) is 13.3 Å². The van der Waals surface area contributed by atoms with E-state index in [-0.39, 0.29) is 5.69 Å². The minimum atomic E-state index is -1.09. The summed E-state index contributed by atoms with van der Waals surface area (Å²) in [6, 6.07) is 5.79. The number of hydrogen-bond donors (Lipinski definition) is 2. The Morgan fingerprint density at radius 1 is 1.43 bits per heavy atom. The smallest absolute Gasteiger partial charge is 0.354 e. The Morgan fingerprint density at radius 3 is 3.13 bits per heavy atom. The highest BCUT2D eigenvalue weighted by molar-refractivity contribution is 5.87. The summed E-state index contributed by atoms with van der Waals surface area (Å²) in [7, 11) is 0. The topological polar surface area (TPSA) is 97.3 Å². The SMILES string of the molecule is Cc1c(Oc2nc3cc4c(cc3[nH]2)CCO4)ccnc1C(=O)O. The van der Waals surface area contributed by atoms with Gasteiger partial charge in [-0.1, -0.05) is 0 Å². The third-order valence-electron chi connectivity index (χ3n) is 3.83. The first kappa shape index (κ1) is 13.6. The van der Waals surface area contributed by atoms with Crippen LogP contribution in [0.4, 0.5) is 0 Å². The number of benzene rings is 1. The average molecular weight is 311 g/mol. The van der Waals surface area contributed by atoms with Crippen LogP contribution in [-0.4, -0.2) is 32.6 Å². The second kappa shape index (κ2) is 4.98. The van der Waals surface area contributed by atoms with Gasteiger partial charge in [0.25, 0.3) is 6.01 Å². The molecule has 0 saturated carbocycles. The number of aromatic nitrogens is 3. The summed E-state index contributed by atoms with van der Waals surface area (Å²) in [4.78, 5) is 22.4. The Kier molecular flexibility index (Phi) is 2.94. The number of imidazole rings is 1. The van der Waals surface area contributed by atoms with Crippen molar-refractivity contribution in [1.29, 1.82) is 0 Å². The maximum absolute atomic E-state index is 11.1. The van der Waals surface area contributed by atoms with Gasteiger partial charge in [0.15, 0.2) is 5.69 Å². The van der Waals surface area contributed by atoms with Crippen LogP contribution in [0.1, 0.15) is 21.6 Å². The Balaban J connectivity index is 1.71. The predicted molar refractivity (Wildman–Crippen MR) is 81.3 cm³/mol. The van der Waals surface area contributed by atoms with Crippen molar-refractivity contribution < 1.29 is 19.4 Å². The fourth-order valence-corrected chi connectivity index (χ4v) is 2.66. The van der Waals surface area contributed by atoms with Gasteiger partial charge in [-0.05, 0) is 24.6 Å². The zero-order valence-electron chi connectivity index (χ0n) is 12.3. The van der Waals surface area contributed by atoms with E-state index in [0.29, 0.717) is 23.9 Å². The van der Waals surface area contributed by atoms with Gasteiger partial charge in [0.1, 0.15) is 11.5 Å². The van der Waals surface area contributed by atoms with Gasteiger partial charge >= 0.3 is 5.97 Å². The van der Waals surface area contributed by atoms with Crippen molar-refractivity contribution in [2.24, 2.45) is 0 Å². The first-order chi connectivity index (χ1) is 11.1. The summed E-state index contributed by atoms with van der Waals surface area (Å²) in [5, 5.41) is 9.11. The summed E-state index contributed by atoms with van der Waals surface area (Å²) in [5.41, 5.74) is 3.15. The molecule has 2 aromatic heterocycles.